The highest BCUT2D eigenvalue weighted by molar-refractivity contribution is 5.79. The molecule has 1 fully saturated rings. The molecule has 4 heteroatoms. The van der Waals surface area contributed by atoms with Crippen molar-refractivity contribution in [3.05, 3.63) is 0 Å². The summed E-state index contributed by atoms with van der Waals surface area (Å²) in [6.45, 7) is 9.47. The lowest BCUT2D eigenvalue weighted by atomic mass is 9.94. The van der Waals surface area contributed by atoms with Crippen LogP contribution in [0.1, 0.15) is 40.0 Å². The highest BCUT2D eigenvalue weighted by Gasteiger charge is 2.28. The zero-order chi connectivity index (χ0) is 14.3. The molecule has 108 valence electrons. The van der Waals surface area contributed by atoms with Gasteiger partial charge in [-0.05, 0) is 32.4 Å². The molecule has 1 heterocycles. The van der Waals surface area contributed by atoms with Crippen molar-refractivity contribution >= 4 is 5.91 Å². The molecule has 0 aromatic carbocycles. The predicted molar refractivity (Wildman–Crippen MR) is 78.8 cm³/mol. The molecule has 4 nitrogen and oxygen atoms in total. The number of nitrogens with one attached hydrogen (secondary N) is 2. The standard InChI is InChI=1S/C15H27N3O/c1-5-15(6-2,7-3)17-14(19)12-18(8-4)13-9-10-16-11-13/h1,13,16H,6-12H2,2-4H3,(H,17,19). The molecule has 1 saturated heterocycles. The lowest BCUT2D eigenvalue weighted by Gasteiger charge is -2.31. The Morgan fingerprint density at radius 1 is 1.47 bits per heavy atom. The number of amides is 1. The second kappa shape index (κ2) is 7.52. The van der Waals surface area contributed by atoms with E-state index in [4.69, 9.17) is 6.42 Å². The van der Waals surface area contributed by atoms with Crippen LogP contribution in [-0.2, 0) is 4.79 Å². The van der Waals surface area contributed by atoms with E-state index in [9.17, 15) is 4.79 Å². The van der Waals surface area contributed by atoms with Crippen molar-refractivity contribution in [2.75, 3.05) is 26.2 Å². The summed E-state index contributed by atoms with van der Waals surface area (Å²) in [5, 5.41) is 6.37. The average molecular weight is 265 g/mol. The molecule has 1 aliphatic heterocycles. The van der Waals surface area contributed by atoms with Crippen LogP contribution in [0, 0.1) is 12.3 Å². The second-order valence-electron chi connectivity index (χ2n) is 5.19. The highest BCUT2D eigenvalue weighted by Crippen LogP contribution is 2.14. The fraction of sp³-hybridized carbons (Fsp3) is 0.800. The van der Waals surface area contributed by atoms with Crippen molar-refractivity contribution in [2.45, 2.75) is 51.6 Å². The first-order valence-electron chi connectivity index (χ1n) is 7.34. The van der Waals surface area contributed by atoms with E-state index in [1.807, 2.05) is 13.8 Å². The van der Waals surface area contributed by atoms with Crippen molar-refractivity contribution in [3.63, 3.8) is 0 Å². The maximum atomic E-state index is 12.2. The van der Waals surface area contributed by atoms with Gasteiger partial charge in [-0.15, -0.1) is 6.42 Å². The molecule has 1 rings (SSSR count). The first-order valence-corrected chi connectivity index (χ1v) is 7.34. The minimum absolute atomic E-state index is 0.0374. The minimum Gasteiger partial charge on any atom is -0.339 e. The largest absolute Gasteiger partial charge is 0.339 e. The number of terminal acetylenes is 1. The van der Waals surface area contributed by atoms with E-state index in [1.165, 1.54) is 0 Å². The molecule has 19 heavy (non-hydrogen) atoms. The molecule has 0 radical (unpaired) electrons. The summed E-state index contributed by atoms with van der Waals surface area (Å²) >= 11 is 0. The predicted octanol–water partition coefficient (Wildman–Crippen LogP) is 0.978. The van der Waals surface area contributed by atoms with E-state index in [0.29, 0.717) is 12.6 Å². The zero-order valence-corrected chi connectivity index (χ0v) is 12.5. The summed E-state index contributed by atoms with van der Waals surface area (Å²) in [7, 11) is 0. The molecule has 1 aliphatic rings. The number of likely N-dealkylation sites (N-methyl/N-ethyl adjacent to an activating group) is 1. The Kier molecular flexibility index (Phi) is 6.33. The molecule has 0 aliphatic carbocycles. The van der Waals surface area contributed by atoms with E-state index >= 15 is 0 Å². The summed E-state index contributed by atoms with van der Waals surface area (Å²) in [5.41, 5.74) is -0.482. The topological polar surface area (TPSA) is 44.4 Å². The van der Waals surface area contributed by atoms with Gasteiger partial charge in [-0.3, -0.25) is 9.69 Å². The molecule has 0 bridgehead atoms. The first-order chi connectivity index (χ1) is 9.10. The number of rotatable bonds is 7. The Bertz CT molecular complexity index is 325. The van der Waals surface area contributed by atoms with E-state index in [-0.39, 0.29) is 5.91 Å². The van der Waals surface area contributed by atoms with Gasteiger partial charge < -0.3 is 10.6 Å². The van der Waals surface area contributed by atoms with Crippen molar-refractivity contribution in [2.24, 2.45) is 0 Å². The number of hydrogen-bond acceptors (Lipinski definition) is 3. The number of carbonyl (C=O) groups excluding carboxylic acids is 1. The Morgan fingerprint density at radius 3 is 2.58 bits per heavy atom. The maximum absolute atomic E-state index is 12.2. The van der Waals surface area contributed by atoms with Crippen LogP contribution in [-0.4, -0.2) is 48.6 Å². The normalized spacial score (nSPS) is 19.4. The molecule has 0 aromatic heterocycles. The second-order valence-corrected chi connectivity index (χ2v) is 5.19. The summed E-state index contributed by atoms with van der Waals surface area (Å²) in [4.78, 5) is 14.4. The van der Waals surface area contributed by atoms with E-state index in [0.717, 1.165) is 38.9 Å². The third-order valence-corrected chi connectivity index (χ3v) is 4.17. The SMILES string of the molecule is C#CC(CC)(CC)NC(=O)CN(CC)C1CCNC1. The van der Waals surface area contributed by atoms with Crippen LogP contribution >= 0.6 is 0 Å². The summed E-state index contributed by atoms with van der Waals surface area (Å²) in [6.07, 6.45) is 8.22. The molecule has 0 aromatic rings. The van der Waals surface area contributed by atoms with Gasteiger partial charge in [0.25, 0.3) is 0 Å². The fourth-order valence-electron chi connectivity index (χ4n) is 2.61. The Morgan fingerprint density at radius 2 is 2.16 bits per heavy atom. The lowest BCUT2D eigenvalue weighted by Crippen LogP contribution is -2.51. The van der Waals surface area contributed by atoms with Crippen LogP contribution in [0.5, 0.6) is 0 Å². The van der Waals surface area contributed by atoms with Gasteiger partial charge in [0.1, 0.15) is 5.54 Å². The van der Waals surface area contributed by atoms with E-state index < -0.39 is 5.54 Å². The smallest absolute Gasteiger partial charge is 0.235 e. The van der Waals surface area contributed by atoms with Gasteiger partial charge >= 0.3 is 0 Å². The van der Waals surface area contributed by atoms with Gasteiger partial charge in [0, 0.05) is 12.6 Å². The van der Waals surface area contributed by atoms with Crippen molar-refractivity contribution in [3.8, 4) is 12.3 Å². The van der Waals surface area contributed by atoms with Gasteiger partial charge in [0.15, 0.2) is 0 Å². The molecular weight excluding hydrogens is 238 g/mol. The van der Waals surface area contributed by atoms with Gasteiger partial charge in [-0.25, -0.2) is 0 Å². The summed E-state index contributed by atoms with van der Waals surface area (Å²) in [5.74, 6) is 2.78. The van der Waals surface area contributed by atoms with E-state index in [1.54, 1.807) is 0 Å². The van der Waals surface area contributed by atoms with Crippen LogP contribution in [0.3, 0.4) is 0 Å². The lowest BCUT2D eigenvalue weighted by molar-refractivity contribution is -0.124. The Hall–Kier alpha value is -1.05. The maximum Gasteiger partial charge on any atom is 0.235 e. The Labute approximate surface area is 117 Å². The summed E-state index contributed by atoms with van der Waals surface area (Å²) < 4.78 is 0. The molecule has 1 atom stereocenters. The minimum atomic E-state index is -0.482. The van der Waals surface area contributed by atoms with Crippen LogP contribution in [0.4, 0.5) is 0 Å². The Balaban J connectivity index is 2.55. The zero-order valence-electron chi connectivity index (χ0n) is 12.5. The molecular formula is C15H27N3O. The first kappa shape index (κ1) is 16.0. The van der Waals surface area contributed by atoms with E-state index in [2.05, 4.69) is 28.4 Å². The third-order valence-electron chi connectivity index (χ3n) is 4.17. The van der Waals surface area contributed by atoms with Crippen LogP contribution in [0.2, 0.25) is 0 Å². The van der Waals surface area contributed by atoms with Crippen molar-refractivity contribution in [1.82, 2.24) is 15.5 Å². The fourth-order valence-corrected chi connectivity index (χ4v) is 2.61. The number of nitrogens with zero attached hydrogens (tertiary/aromatic N) is 1. The molecule has 0 spiro atoms. The average Bonchev–Trinajstić information content (AvgIpc) is 2.96. The number of hydrogen-bond donors (Lipinski definition) is 2. The van der Waals surface area contributed by atoms with Gasteiger partial charge in [-0.2, -0.15) is 0 Å². The molecule has 2 N–H and O–H groups in total. The van der Waals surface area contributed by atoms with Gasteiger partial charge in [0.2, 0.25) is 5.91 Å². The third kappa shape index (κ3) is 4.22. The monoisotopic (exact) mass is 265 g/mol. The molecule has 0 saturated carbocycles. The number of carbonyl (C=O) groups is 1. The van der Waals surface area contributed by atoms with Crippen LogP contribution < -0.4 is 10.6 Å². The molecule has 1 amide bonds. The highest BCUT2D eigenvalue weighted by atomic mass is 16.2. The summed E-state index contributed by atoms with van der Waals surface area (Å²) in [6, 6.07) is 0.472. The van der Waals surface area contributed by atoms with Crippen LogP contribution in [0.15, 0.2) is 0 Å². The van der Waals surface area contributed by atoms with Crippen LogP contribution in [0.25, 0.3) is 0 Å². The van der Waals surface area contributed by atoms with Gasteiger partial charge in [-0.1, -0.05) is 26.7 Å². The quantitative estimate of drug-likeness (QED) is 0.675. The van der Waals surface area contributed by atoms with Crippen molar-refractivity contribution < 1.29 is 4.79 Å². The van der Waals surface area contributed by atoms with Gasteiger partial charge in [0.05, 0.1) is 6.54 Å². The molecule has 1 unspecified atom stereocenters. The van der Waals surface area contributed by atoms with Crippen molar-refractivity contribution in [1.29, 1.82) is 0 Å².